The zero-order valence-corrected chi connectivity index (χ0v) is 8.24. The van der Waals surface area contributed by atoms with Crippen molar-refractivity contribution in [1.82, 2.24) is 9.97 Å². The Bertz CT molecular complexity index is 409. The maximum atomic E-state index is 5.91. The lowest BCUT2D eigenvalue weighted by molar-refractivity contribution is 0.520. The van der Waals surface area contributed by atoms with Crippen LogP contribution in [-0.2, 0) is 5.54 Å². The van der Waals surface area contributed by atoms with Crippen LogP contribution >= 0.6 is 0 Å². The average molecular weight is 191 g/mol. The molecular weight excluding hydrogens is 178 g/mol. The van der Waals surface area contributed by atoms with Crippen LogP contribution < -0.4 is 5.73 Å². The van der Waals surface area contributed by atoms with Crippen molar-refractivity contribution in [1.29, 1.82) is 0 Å². The van der Waals surface area contributed by atoms with Crippen LogP contribution in [0.5, 0.6) is 0 Å². The minimum Gasteiger partial charge on any atom is -0.472 e. The largest absolute Gasteiger partial charge is 0.472 e. The van der Waals surface area contributed by atoms with Gasteiger partial charge < -0.3 is 15.1 Å². The van der Waals surface area contributed by atoms with Crippen molar-refractivity contribution in [3.63, 3.8) is 0 Å². The van der Waals surface area contributed by atoms with E-state index in [0.717, 1.165) is 17.1 Å². The van der Waals surface area contributed by atoms with Gasteiger partial charge in [0.15, 0.2) is 0 Å². The summed E-state index contributed by atoms with van der Waals surface area (Å²) in [5, 5.41) is 0. The Balaban J connectivity index is 2.36. The van der Waals surface area contributed by atoms with Gasteiger partial charge in [-0.2, -0.15) is 0 Å². The number of aromatic nitrogens is 2. The Hall–Kier alpha value is -1.55. The molecule has 0 fully saturated rings. The Morgan fingerprint density at radius 2 is 2.29 bits per heavy atom. The number of H-pyrrole nitrogens is 1. The van der Waals surface area contributed by atoms with E-state index in [4.69, 9.17) is 10.2 Å². The van der Waals surface area contributed by atoms with Gasteiger partial charge in [0, 0.05) is 5.56 Å². The fourth-order valence-electron chi connectivity index (χ4n) is 1.21. The maximum absolute atomic E-state index is 5.91. The molecule has 2 aromatic rings. The van der Waals surface area contributed by atoms with Crippen molar-refractivity contribution in [3.8, 4) is 11.3 Å². The number of hydrogen-bond acceptors (Lipinski definition) is 3. The van der Waals surface area contributed by atoms with Gasteiger partial charge in [-0.1, -0.05) is 0 Å². The Morgan fingerprint density at radius 1 is 1.50 bits per heavy atom. The van der Waals surface area contributed by atoms with Crippen molar-refractivity contribution in [2.75, 3.05) is 0 Å². The van der Waals surface area contributed by atoms with E-state index < -0.39 is 5.54 Å². The summed E-state index contributed by atoms with van der Waals surface area (Å²) in [5.74, 6) is 0.772. The molecule has 2 heterocycles. The first-order valence-corrected chi connectivity index (χ1v) is 4.44. The summed E-state index contributed by atoms with van der Waals surface area (Å²) >= 11 is 0. The van der Waals surface area contributed by atoms with Gasteiger partial charge in [-0.15, -0.1) is 0 Å². The van der Waals surface area contributed by atoms with E-state index in [1.54, 1.807) is 18.7 Å². The summed E-state index contributed by atoms with van der Waals surface area (Å²) in [4.78, 5) is 7.38. The fraction of sp³-hybridized carbons (Fsp3) is 0.300. The molecule has 2 rings (SSSR count). The molecule has 14 heavy (non-hydrogen) atoms. The minimum absolute atomic E-state index is 0.442. The number of nitrogens with zero attached hydrogens (tertiary/aromatic N) is 1. The zero-order valence-electron chi connectivity index (χ0n) is 8.24. The third-order valence-corrected chi connectivity index (χ3v) is 2.02. The van der Waals surface area contributed by atoms with Crippen LogP contribution in [0.15, 0.2) is 29.2 Å². The number of furan rings is 1. The summed E-state index contributed by atoms with van der Waals surface area (Å²) in [6, 6.07) is 1.88. The van der Waals surface area contributed by atoms with Crippen molar-refractivity contribution in [2.24, 2.45) is 5.73 Å². The Morgan fingerprint density at radius 3 is 2.79 bits per heavy atom. The smallest absolute Gasteiger partial charge is 0.126 e. The monoisotopic (exact) mass is 191 g/mol. The lowest BCUT2D eigenvalue weighted by Gasteiger charge is -2.14. The normalized spacial score (nSPS) is 11.9. The first-order valence-electron chi connectivity index (χ1n) is 4.44. The lowest BCUT2D eigenvalue weighted by atomic mass is 10.1. The van der Waals surface area contributed by atoms with E-state index in [9.17, 15) is 0 Å². The summed E-state index contributed by atoms with van der Waals surface area (Å²) in [7, 11) is 0. The average Bonchev–Trinajstić information content (AvgIpc) is 2.73. The highest BCUT2D eigenvalue weighted by molar-refractivity contribution is 5.56. The number of imidazole rings is 1. The van der Waals surface area contributed by atoms with E-state index in [-0.39, 0.29) is 0 Å². The molecule has 0 radical (unpaired) electrons. The molecule has 0 saturated carbocycles. The fourth-order valence-corrected chi connectivity index (χ4v) is 1.21. The number of rotatable bonds is 2. The number of aromatic amines is 1. The second-order valence-electron chi connectivity index (χ2n) is 3.88. The number of nitrogens with one attached hydrogen (secondary N) is 1. The molecular formula is C10H13N3O. The third kappa shape index (κ3) is 1.56. The SMILES string of the molecule is CC(C)(N)c1ncc(-c2ccoc2)[nH]1. The molecule has 4 nitrogen and oxygen atoms in total. The quantitative estimate of drug-likeness (QED) is 0.761. The summed E-state index contributed by atoms with van der Waals surface area (Å²) in [5.41, 5.74) is 7.37. The molecule has 0 bridgehead atoms. The predicted molar refractivity (Wildman–Crippen MR) is 53.5 cm³/mol. The molecule has 0 aliphatic carbocycles. The van der Waals surface area contributed by atoms with Crippen molar-refractivity contribution >= 4 is 0 Å². The highest BCUT2D eigenvalue weighted by atomic mass is 16.3. The zero-order chi connectivity index (χ0) is 10.2. The van der Waals surface area contributed by atoms with Crippen LogP contribution in [0.4, 0.5) is 0 Å². The third-order valence-electron chi connectivity index (χ3n) is 2.02. The van der Waals surface area contributed by atoms with Crippen LogP contribution in [0.1, 0.15) is 19.7 Å². The summed E-state index contributed by atoms with van der Waals surface area (Å²) in [6.07, 6.45) is 5.05. The van der Waals surface area contributed by atoms with Gasteiger partial charge in [0.2, 0.25) is 0 Å². The van der Waals surface area contributed by atoms with Crippen LogP contribution in [0.3, 0.4) is 0 Å². The topological polar surface area (TPSA) is 67.8 Å². The van der Waals surface area contributed by atoms with Gasteiger partial charge >= 0.3 is 0 Å². The molecule has 0 atom stereocenters. The molecule has 0 spiro atoms. The second-order valence-corrected chi connectivity index (χ2v) is 3.88. The summed E-state index contributed by atoms with van der Waals surface area (Å²) in [6.45, 7) is 3.82. The summed E-state index contributed by atoms with van der Waals surface area (Å²) < 4.78 is 4.98. The van der Waals surface area contributed by atoms with Crippen LogP contribution in [0.25, 0.3) is 11.3 Å². The number of hydrogen-bond donors (Lipinski definition) is 2. The van der Waals surface area contributed by atoms with Crippen molar-refractivity contribution in [3.05, 3.63) is 30.6 Å². The molecule has 0 amide bonds. The Labute approximate surface area is 82.1 Å². The van der Waals surface area contributed by atoms with Crippen LogP contribution in [0.2, 0.25) is 0 Å². The van der Waals surface area contributed by atoms with Gasteiger partial charge in [-0.05, 0) is 19.9 Å². The molecule has 0 unspecified atom stereocenters. The van der Waals surface area contributed by atoms with Gasteiger partial charge in [0.25, 0.3) is 0 Å². The molecule has 0 aliphatic heterocycles. The van der Waals surface area contributed by atoms with Crippen molar-refractivity contribution in [2.45, 2.75) is 19.4 Å². The molecule has 0 aromatic carbocycles. The van der Waals surface area contributed by atoms with Gasteiger partial charge in [-0.3, -0.25) is 0 Å². The Kier molecular flexibility index (Phi) is 1.93. The van der Waals surface area contributed by atoms with Gasteiger partial charge in [0.05, 0.1) is 30.0 Å². The molecule has 4 heteroatoms. The standard InChI is InChI=1S/C10H13N3O/c1-10(2,11)9-12-5-8(13-9)7-3-4-14-6-7/h3-6H,11H2,1-2H3,(H,12,13). The minimum atomic E-state index is -0.442. The van der Waals surface area contributed by atoms with Crippen LogP contribution in [0, 0.1) is 0 Å². The van der Waals surface area contributed by atoms with E-state index in [1.807, 2.05) is 19.9 Å². The van der Waals surface area contributed by atoms with E-state index in [0.29, 0.717) is 0 Å². The molecule has 3 N–H and O–H groups in total. The molecule has 2 aromatic heterocycles. The van der Waals surface area contributed by atoms with Crippen molar-refractivity contribution < 1.29 is 4.42 Å². The molecule has 74 valence electrons. The first kappa shape index (κ1) is 9.02. The number of nitrogens with two attached hydrogens (primary N) is 1. The second kappa shape index (κ2) is 2.99. The lowest BCUT2D eigenvalue weighted by Crippen LogP contribution is -2.30. The first-order chi connectivity index (χ1) is 6.57. The predicted octanol–water partition coefficient (Wildman–Crippen LogP) is 1.86. The van der Waals surface area contributed by atoms with E-state index in [2.05, 4.69) is 9.97 Å². The van der Waals surface area contributed by atoms with Crippen LogP contribution in [-0.4, -0.2) is 9.97 Å². The molecule has 0 saturated heterocycles. The highest BCUT2D eigenvalue weighted by Crippen LogP contribution is 2.20. The van der Waals surface area contributed by atoms with Gasteiger partial charge in [0.1, 0.15) is 5.82 Å². The van der Waals surface area contributed by atoms with E-state index in [1.165, 1.54) is 0 Å². The van der Waals surface area contributed by atoms with Gasteiger partial charge in [-0.25, -0.2) is 4.98 Å². The van der Waals surface area contributed by atoms with E-state index >= 15 is 0 Å². The highest BCUT2D eigenvalue weighted by Gasteiger charge is 2.18. The molecule has 0 aliphatic rings. The maximum Gasteiger partial charge on any atom is 0.126 e.